The minimum atomic E-state index is -0.826. The summed E-state index contributed by atoms with van der Waals surface area (Å²) in [6.07, 6.45) is 1.25. The van der Waals surface area contributed by atoms with Crippen LogP contribution in [0.5, 0.6) is 0 Å². The van der Waals surface area contributed by atoms with Gasteiger partial charge in [0.25, 0.3) is 0 Å². The summed E-state index contributed by atoms with van der Waals surface area (Å²) in [4.78, 5) is 12.4. The number of nitrogens with zero attached hydrogens (tertiary/aromatic N) is 1. The third kappa shape index (κ3) is 3.56. The molecule has 1 heterocycles. The second kappa shape index (κ2) is 6.72. The minimum absolute atomic E-state index is 0.279. The van der Waals surface area contributed by atoms with Crippen molar-refractivity contribution in [3.63, 3.8) is 0 Å². The van der Waals surface area contributed by atoms with Crippen LogP contribution in [-0.2, 0) is 19.7 Å². The Morgan fingerprint density at radius 1 is 1.39 bits per heavy atom. The molecule has 0 aliphatic carbocycles. The van der Waals surface area contributed by atoms with Gasteiger partial charge in [-0.3, -0.25) is 4.79 Å². The summed E-state index contributed by atoms with van der Waals surface area (Å²) in [6, 6.07) is 10.3. The average Bonchev–Trinajstić information content (AvgIpc) is 2.47. The lowest BCUT2D eigenvalue weighted by atomic mass is 9.62. The Hall–Kier alpha value is -1.86. The molecule has 0 spiro atoms. The standard InChI is InChI=1S/C19H25NO3/c1-5-22-17(21)16(12-20)19(10-11-23-18(3,4)13-19)15-8-6-14(2)7-9-15/h6-9,16H,5,10-11,13H2,1-4H3/t16-,19+/m1/s1. The minimum Gasteiger partial charge on any atom is -0.465 e. The van der Waals surface area contributed by atoms with Crippen molar-refractivity contribution in [2.75, 3.05) is 13.2 Å². The van der Waals surface area contributed by atoms with E-state index in [2.05, 4.69) is 6.07 Å². The van der Waals surface area contributed by atoms with E-state index in [1.165, 1.54) is 0 Å². The van der Waals surface area contributed by atoms with Crippen LogP contribution < -0.4 is 0 Å². The maximum absolute atomic E-state index is 12.4. The maximum Gasteiger partial charge on any atom is 0.324 e. The summed E-state index contributed by atoms with van der Waals surface area (Å²) in [5, 5.41) is 9.74. The van der Waals surface area contributed by atoms with E-state index >= 15 is 0 Å². The number of carbonyl (C=O) groups excluding carboxylic acids is 1. The Kier molecular flexibility index (Phi) is 5.11. The van der Waals surface area contributed by atoms with E-state index in [0.717, 1.165) is 11.1 Å². The molecule has 0 unspecified atom stereocenters. The number of hydrogen-bond donors (Lipinski definition) is 0. The summed E-state index contributed by atoms with van der Waals surface area (Å²) >= 11 is 0. The van der Waals surface area contributed by atoms with Crippen LogP contribution in [-0.4, -0.2) is 24.8 Å². The van der Waals surface area contributed by atoms with Gasteiger partial charge in [-0.25, -0.2) is 0 Å². The lowest BCUT2D eigenvalue weighted by Gasteiger charge is -2.46. The lowest BCUT2D eigenvalue weighted by Crippen LogP contribution is -2.50. The van der Waals surface area contributed by atoms with E-state index in [-0.39, 0.29) is 12.2 Å². The number of benzene rings is 1. The first-order chi connectivity index (χ1) is 10.8. The van der Waals surface area contributed by atoms with Gasteiger partial charge in [0.1, 0.15) is 0 Å². The number of carbonyl (C=O) groups is 1. The Morgan fingerprint density at radius 2 is 2.04 bits per heavy atom. The van der Waals surface area contributed by atoms with Gasteiger partial charge in [0.05, 0.1) is 18.3 Å². The fourth-order valence-electron chi connectivity index (χ4n) is 3.58. The van der Waals surface area contributed by atoms with Crippen molar-refractivity contribution < 1.29 is 14.3 Å². The molecule has 2 rings (SSSR count). The molecule has 1 aromatic carbocycles. The third-order valence-corrected chi connectivity index (χ3v) is 4.61. The van der Waals surface area contributed by atoms with Crippen molar-refractivity contribution in [3.8, 4) is 6.07 Å². The SMILES string of the molecule is CCOC(=O)[C@@H](C#N)[C@@]1(c2ccc(C)cc2)CCOC(C)(C)C1. The highest BCUT2D eigenvalue weighted by atomic mass is 16.5. The highest BCUT2D eigenvalue weighted by molar-refractivity contribution is 5.77. The molecule has 4 nitrogen and oxygen atoms in total. The Bertz CT molecular complexity index is 600. The van der Waals surface area contributed by atoms with Crippen LogP contribution in [0.15, 0.2) is 24.3 Å². The molecule has 0 saturated carbocycles. The Labute approximate surface area is 138 Å². The van der Waals surface area contributed by atoms with Gasteiger partial charge in [0.2, 0.25) is 0 Å². The topological polar surface area (TPSA) is 59.3 Å². The van der Waals surface area contributed by atoms with Gasteiger partial charge in [0.15, 0.2) is 5.92 Å². The second-order valence-electron chi connectivity index (χ2n) is 6.87. The second-order valence-corrected chi connectivity index (χ2v) is 6.87. The molecule has 124 valence electrons. The Morgan fingerprint density at radius 3 is 2.57 bits per heavy atom. The van der Waals surface area contributed by atoms with Crippen LogP contribution in [0.1, 0.15) is 44.7 Å². The molecular weight excluding hydrogens is 290 g/mol. The van der Waals surface area contributed by atoms with E-state index in [1.807, 2.05) is 45.0 Å². The van der Waals surface area contributed by atoms with E-state index in [9.17, 15) is 10.1 Å². The van der Waals surface area contributed by atoms with Crippen LogP contribution in [0.4, 0.5) is 0 Å². The fourth-order valence-corrected chi connectivity index (χ4v) is 3.58. The van der Waals surface area contributed by atoms with Crippen LogP contribution in [0.25, 0.3) is 0 Å². The molecule has 2 atom stereocenters. The molecule has 0 aromatic heterocycles. The van der Waals surface area contributed by atoms with E-state index < -0.39 is 17.3 Å². The number of rotatable bonds is 4. The number of esters is 1. The van der Waals surface area contributed by atoms with Crippen molar-refractivity contribution in [3.05, 3.63) is 35.4 Å². The lowest BCUT2D eigenvalue weighted by molar-refractivity contribution is -0.153. The smallest absolute Gasteiger partial charge is 0.324 e. The van der Waals surface area contributed by atoms with Crippen molar-refractivity contribution in [2.45, 2.75) is 51.6 Å². The summed E-state index contributed by atoms with van der Waals surface area (Å²) in [5.41, 5.74) is 1.21. The van der Waals surface area contributed by atoms with Crippen molar-refractivity contribution in [2.24, 2.45) is 5.92 Å². The maximum atomic E-state index is 12.4. The van der Waals surface area contributed by atoms with Crippen molar-refractivity contribution >= 4 is 5.97 Å². The molecule has 0 bridgehead atoms. The van der Waals surface area contributed by atoms with Crippen LogP contribution in [0.3, 0.4) is 0 Å². The van der Waals surface area contributed by atoms with E-state index in [1.54, 1.807) is 6.92 Å². The van der Waals surface area contributed by atoms with Crippen LogP contribution >= 0.6 is 0 Å². The van der Waals surface area contributed by atoms with E-state index in [4.69, 9.17) is 9.47 Å². The van der Waals surface area contributed by atoms with Gasteiger partial charge in [-0.1, -0.05) is 29.8 Å². The molecule has 4 heteroatoms. The fraction of sp³-hybridized carbons (Fsp3) is 0.579. The molecule has 1 fully saturated rings. The van der Waals surface area contributed by atoms with Gasteiger partial charge in [-0.15, -0.1) is 0 Å². The molecular formula is C19H25NO3. The van der Waals surface area contributed by atoms with Crippen molar-refractivity contribution in [1.29, 1.82) is 5.26 Å². The average molecular weight is 315 g/mol. The number of aryl methyl sites for hydroxylation is 1. The van der Waals surface area contributed by atoms with Gasteiger partial charge < -0.3 is 9.47 Å². The Balaban J connectivity index is 2.52. The molecule has 0 radical (unpaired) electrons. The highest BCUT2D eigenvalue weighted by Gasteiger charge is 2.51. The third-order valence-electron chi connectivity index (χ3n) is 4.61. The predicted molar refractivity (Wildman–Crippen MR) is 87.9 cm³/mol. The van der Waals surface area contributed by atoms with E-state index in [0.29, 0.717) is 19.4 Å². The quantitative estimate of drug-likeness (QED) is 0.798. The molecule has 1 aliphatic rings. The van der Waals surface area contributed by atoms with Crippen LogP contribution in [0.2, 0.25) is 0 Å². The predicted octanol–water partition coefficient (Wildman–Crippen LogP) is 3.52. The zero-order valence-corrected chi connectivity index (χ0v) is 14.4. The molecule has 1 saturated heterocycles. The number of nitriles is 1. The number of ether oxygens (including phenoxy) is 2. The van der Waals surface area contributed by atoms with Crippen molar-refractivity contribution in [1.82, 2.24) is 0 Å². The summed E-state index contributed by atoms with van der Waals surface area (Å²) in [5.74, 6) is -1.26. The zero-order valence-electron chi connectivity index (χ0n) is 14.4. The van der Waals surface area contributed by atoms with Gasteiger partial charge >= 0.3 is 5.97 Å². The molecule has 0 N–H and O–H groups in total. The monoisotopic (exact) mass is 315 g/mol. The summed E-state index contributed by atoms with van der Waals surface area (Å²) in [6.45, 7) is 8.61. The molecule has 0 amide bonds. The van der Waals surface area contributed by atoms with Gasteiger partial charge in [0, 0.05) is 12.0 Å². The number of hydrogen-bond acceptors (Lipinski definition) is 4. The summed E-state index contributed by atoms with van der Waals surface area (Å²) in [7, 11) is 0. The zero-order chi connectivity index (χ0) is 17.1. The van der Waals surface area contributed by atoms with Crippen LogP contribution in [0, 0.1) is 24.2 Å². The first-order valence-electron chi connectivity index (χ1n) is 8.12. The molecule has 23 heavy (non-hydrogen) atoms. The first kappa shape index (κ1) is 17.5. The van der Waals surface area contributed by atoms with Gasteiger partial charge in [-0.2, -0.15) is 5.26 Å². The molecule has 1 aliphatic heterocycles. The first-order valence-corrected chi connectivity index (χ1v) is 8.12. The van der Waals surface area contributed by atoms with Gasteiger partial charge in [-0.05, 0) is 46.1 Å². The largest absolute Gasteiger partial charge is 0.465 e. The normalized spacial score (nSPS) is 24.5. The highest BCUT2D eigenvalue weighted by Crippen LogP contribution is 2.47. The summed E-state index contributed by atoms with van der Waals surface area (Å²) < 4.78 is 11.0. The molecule has 1 aromatic rings.